The molecule has 1 heterocycles. The van der Waals surface area contributed by atoms with E-state index in [1.54, 1.807) is 6.07 Å². The zero-order valence-corrected chi connectivity index (χ0v) is 12.7. The number of nitrogens with zero attached hydrogens (tertiary/aromatic N) is 1. The molecule has 1 fully saturated rings. The lowest BCUT2D eigenvalue weighted by atomic mass is 9.94. The van der Waals surface area contributed by atoms with Crippen molar-refractivity contribution in [2.75, 3.05) is 18.0 Å². The number of alkyl halides is 3. The summed E-state index contributed by atoms with van der Waals surface area (Å²) >= 11 is 6.27. The third kappa shape index (κ3) is 4.04. The standard InChI is InChI=1S/C15H20ClF3N2/c1-10(20)9-11-3-2-4-13(16)14(11)21-7-5-12(6-8-21)15(17,18)19/h2-4,10,12H,5-9,20H2,1H3. The molecule has 0 aromatic heterocycles. The summed E-state index contributed by atoms with van der Waals surface area (Å²) in [5.41, 5.74) is 7.69. The molecule has 1 unspecified atom stereocenters. The SMILES string of the molecule is CC(N)Cc1cccc(Cl)c1N1CCC(C(F)(F)F)CC1. The Morgan fingerprint density at radius 2 is 1.95 bits per heavy atom. The Balaban J connectivity index is 2.16. The molecule has 1 aliphatic heterocycles. The highest BCUT2D eigenvalue weighted by atomic mass is 35.5. The highest BCUT2D eigenvalue weighted by Gasteiger charge is 2.41. The first-order valence-corrected chi connectivity index (χ1v) is 7.51. The van der Waals surface area contributed by atoms with Gasteiger partial charge in [0.1, 0.15) is 0 Å². The largest absolute Gasteiger partial charge is 0.391 e. The van der Waals surface area contributed by atoms with Crippen LogP contribution < -0.4 is 10.6 Å². The van der Waals surface area contributed by atoms with Crippen molar-refractivity contribution in [1.82, 2.24) is 0 Å². The van der Waals surface area contributed by atoms with E-state index in [2.05, 4.69) is 0 Å². The van der Waals surface area contributed by atoms with E-state index >= 15 is 0 Å². The third-order valence-electron chi connectivity index (χ3n) is 3.89. The molecule has 1 atom stereocenters. The number of nitrogens with two attached hydrogens (primary N) is 1. The molecule has 21 heavy (non-hydrogen) atoms. The van der Waals surface area contributed by atoms with E-state index in [1.165, 1.54) is 0 Å². The van der Waals surface area contributed by atoms with Crippen LogP contribution in [0.3, 0.4) is 0 Å². The Morgan fingerprint density at radius 1 is 1.33 bits per heavy atom. The lowest BCUT2D eigenvalue weighted by Gasteiger charge is -2.36. The molecule has 0 spiro atoms. The highest BCUT2D eigenvalue weighted by Crippen LogP contribution is 2.38. The third-order valence-corrected chi connectivity index (χ3v) is 4.19. The first kappa shape index (κ1) is 16.4. The lowest BCUT2D eigenvalue weighted by Crippen LogP contribution is -2.39. The van der Waals surface area contributed by atoms with Crippen molar-refractivity contribution < 1.29 is 13.2 Å². The van der Waals surface area contributed by atoms with E-state index in [4.69, 9.17) is 17.3 Å². The molecule has 2 nitrogen and oxygen atoms in total. The number of anilines is 1. The fraction of sp³-hybridized carbons (Fsp3) is 0.600. The van der Waals surface area contributed by atoms with Gasteiger partial charge in [-0.15, -0.1) is 0 Å². The van der Waals surface area contributed by atoms with Crippen LogP contribution in [-0.2, 0) is 6.42 Å². The van der Waals surface area contributed by atoms with Crippen molar-refractivity contribution in [2.45, 2.75) is 38.4 Å². The Bertz CT molecular complexity index is 480. The minimum atomic E-state index is -4.10. The molecule has 118 valence electrons. The Morgan fingerprint density at radius 3 is 2.48 bits per heavy atom. The number of benzene rings is 1. The van der Waals surface area contributed by atoms with Gasteiger partial charge in [-0.3, -0.25) is 0 Å². The molecule has 6 heteroatoms. The summed E-state index contributed by atoms with van der Waals surface area (Å²) in [5.74, 6) is -1.20. The maximum Gasteiger partial charge on any atom is 0.391 e. The van der Waals surface area contributed by atoms with Crippen LogP contribution in [0, 0.1) is 5.92 Å². The van der Waals surface area contributed by atoms with E-state index in [-0.39, 0.29) is 18.9 Å². The lowest BCUT2D eigenvalue weighted by molar-refractivity contribution is -0.179. The molecule has 2 N–H and O–H groups in total. The van der Waals surface area contributed by atoms with E-state index < -0.39 is 12.1 Å². The Hall–Kier alpha value is -0.940. The maximum absolute atomic E-state index is 12.7. The van der Waals surface area contributed by atoms with Crippen molar-refractivity contribution in [3.63, 3.8) is 0 Å². The quantitative estimate of drug-likeness (QED) is 0.912. The minimum absolute atomic E-state index is 0.0186. The molecule has 0 amide bonds. The van der Waals surface area contributed by atoms with E-state index in [0.717, 1.165) is 11.3 Å². The molecule has 0 saturated carbocycles. The van der Waals surface area contributed by atoms with E-state index in [0.29, 0.717) is 24.5 Å². The van der Waals surface area contributed by atoms with Crippen molar-refractivity contribution in [1.29, 1.82) is 0 Å². The summed E-state index contributed by atoms with van der Waals surface area (Å²) < 4.78 is 38.2. The van der Waals surface area contributed by atoms with Gasteiger partial charge in [0.15, 0.2) is 0 Å². The molecule has 0 bridgehead atoms. The molecular formula is C15H20ClF3N2. The summed E-state index contributed by atoms with van der Waals surface area (Å²) in [6, 6.07) is 5.55. The first-order valence-electron chi connectivity index (χ1n) is 7.13. The second-order valence-electron chi connectivity index (χ2n) is 5.73. The maximum atomic E-state index is 12.7. The highest BCUT2D eigenvalue weighted by molar-refractivity contribution is 6.33. The first-order chi connectivity index (χ1) is 9.79. The monoisotopic (exact) mass is 320 g/mol. The number of piperidine rings is 1. The van der Waals surface area contributed by atoms with Gasteiger partial charge >= 0.3 is 6.18 Å². The predicted molar refractivity (Wildman–Crippen MR) is 79.8 cm³/mol. The normalized spacial score (nSPS) is 18.9. The number of hydrogen-bond acceptors (Lipinski definition) is 2. The summed E-state index contributed by atoms with van der Waals surface area (Å²) in [4.78, 5) is 1.96. The summed E-state index contributed by atoms with van der Waals surface area (Å²) in [7, 11) is 0. The van der Waals surface area contributed by atoms with Crippen LogP contribution in [0.4, 0.5) is 18.9 Å². The molecule has 1 saturated heterocycles. The van der Waals surface area contributed by atoms with Gasteiger partial charge in [-0.1, -0.05) is 23.7 Å². The van der Waals surface area contributed by atoms with E-state index in [9.17, 15) is 13.2 Å². The van der Waals surface area contributed by atoms with Crippen molar-refractivity contribution in [3.05, 3.63) is 28.8 Å². The van der Waals surface area contributed by atoms with Gasteiger partial charge in [0.05, 0.1) is 16.6 Å². The summed E-state index contributed by atoms with van der Waals surface area (Å²) in [5, 5.41) is 0.582. The average Bonchev–Trinajstić information content (AvgIpc) is 2.37. The second kappa shape index (κ2) is 6.44. The minimum Gasteiger partial charge on any atom is -0.370 e. The van der Waals surface area contributed by atoms with Crippen molar-refractivity contribution in [3.8, 4) is 0 Å². The van der Waals surface area contributed by atoms with Crippen LogP contribution in [0.2, 0.25) is 5.02 Å². The van der Waals surface area contributed by atoms with Gasteiger partial charge in [0.2, 0.25) is 0 Å². The smallest absolute Gasteiger partial charge is 0.370 e. The Kier molecular flexibility index (Phi) is 5.04. The van der Waals surface area contributed by atoms with Gasteiger partial charge in [-0.05, 0) is 37.8 Å². The second-order valence-corrected chi connectivity index (χ2v) is 6.14. The fourth-order valence-electron chi connectivity index (χ4n) is 2.86. The molecule has 0 radical (unpaired) electrons. The van der Waals surface area contributed by atoms with E-state index in [1.807, 2.05) is 24.0 Å². The van der Waals surface area contributed by atoms with Crippen LogP contribution >= 0.6 is 11.6 Å². The molecule has 1 aromatic rings. The van der Waals surface area contributed by atoms with Gasteiger partial charge in [0.25, 0.3) is 0 Å². The molecule has 1 aliphatic rings. The number of para-hydroxylation sites is 1. The van der Waals surface area contributed by atoms with Crippen molar-refractivity contribution in [2.24, 2.45) is 11.7 Å². The average molecular weight is 321 g/mol. The van der Waals surface area contributed by atoms with Crippen LogP contribution in [0.5, 0.6) is 0 Å². The molecule has 0 aliphatic carbocycles. The summed E-state index contributed by atoms with van der Waals surface area (Å²) in [6.45, 7) is 2.65. The zero-order chi connectivity index (χ0) is 15.6. The van der Waals surface area contributed by atoms with Crippen LogP contribution in [0.15, 0.2) is 18.2 Å². The molecule has 2 rings (SSSR count). The van der Waals surface area contributed by atoms with Gasteiger partial charge in [-0.25, -0.2) is 0 Å². The van der Waals surface area contributed by atoms with Crippen LogP contribution in [0.1, 0.15) is 25.3 Å². The fourth-order valence-corrected chi connectivity index (χ4v) is 3.17. The van der Waals surface area contributed by atoms with Crippen molar-refractivity contribution >= 4 is 17.3 Å². The van der Waals surface area contributed by atoms with Gasteiger partial charge < -0.3 is 10.6 Å². The van der Waals surface area contributed by atoms with Gasteiger partial charge in [0, 0.05) is 19.1 Å². The topological polar surface area (TPSA) is 29.3 Å². The zero-order valence-electron chi connectivity index (χ0n) is 12.0. The van der Waals surface area contributed by atoms with Crippen LogP contribution in [0.25, 0.3) is 0 Å². The van der Waals surface area contributed by atoms with Crippen LogP contribution in [-0.4, -0.2) is 25.3 Å². The molecular weight excluding hydrogens is 301 g/mol. The Labute approximate surface area is 128 Å². The summed E-state index contributed by atoms with van der Waals surface area (Å²) in [6.07, 6.45) is -3.20. The number of rotatable bonds is 3. The van der Waals surface area contributed by atoms with Gasteiger partial charge in [-0.2, -0.15) is 13.2 Å². The predicted octanol–water partition coefficient (Wildman–Crippen LogP) is 4.01. The molecule has 1 aromatic carbocycles. The number of halogens is 4. The number of hydrogen-bond donors (Lipinski definition) is 1.